The number of rotatable bonds is 16. The molecule has 2 aromatic heterocycles. The van der Waals surface area contributed by atoms with Crippen molar-refractivity contribution in [2.75, 3.05) is 6.61 Å². The fourth-order valence-corrected chi connectivity index (χ4v) is 5.35. The van der Waals surface area contributed by atoms with Crippen LogP contribution >= 0.6 is 23.2 Å². The molecule has 2 atom stereocenters. The topological polar surface area (TPSA) is 136 Å². The summed E-state index contributed by atoms with van der Waals surface area (Å²) >= 11 is 11.6. The number of nitrogens with zero attached hydrogens (tertiary/aromatic N) is 2. The van der Waals surface area contributed by atoms with E-state index >= 15 is 0 Å². The molecular weight excluding hydrogens is 541 g/mol. The number of hydrogen-bond acceptors (Lipinski definition) is 6. The monoisotopic (exact) mass is 575 g/mol. The summed E-state index contributed by atoms with van der Waals surface area (Å²) in [5, 5.41) is 20.5. The lowest BCUT2D eigenvalue weighted by Crippen LogP contribution is -2.22. The molecule has 0 saturated heterocycles. The van der Waals surface area contributed by atoms with Crippen LogP contribution in [-0.4, -0.2) is 49.4 Å². The first kappa shape index (κ1) is 30.8. The van der Waals surface area contributed by atoms with Gasteiger partial charge in [0, 0.05) is 40.7 Å². The van der Waals surface area contributed by atoms with E-state index in [2.05, 4.69) is 11.1 Å². The number of aliphatic hydroxyl groups excluding tert-OH is 2. The van der Waals surface area contributed by atoms with Crippen molar-refractivity contribution in [3.8, 4) is 0 Å². The van der Waals surface area contributed by atoms with Gasteiger partial charge in [-0.05, 0) is 67.0 Å². The molecular formula is C29H35Cl2N3O5. The molecule has 10 heteroatoms. The largest absolute Gasteiger partial charge is 0.394 e. The maximum Gasteiger partial charge on any atom is 0.250 e. The number of Topliss-reactive ketones (excluding diaryl/α,β-unsaturated/α-hetero) is 1. The average Bonchev–Trinajstić information content (AvgIpc) is 3.17. The van der Waals surface area contributed by atoms with E-state index in [1.54, 1.807) is 17.6 Å². The summed E-state index contributed by atoms with van der Waals surface area (Å²) in [6, 6.07) is 9.37. The Morgan fingerprint density at radius 2 is 1.79 bits per heavy atom. The van der Waals surface area contributed by atoms with Crippen LogP contribution in [-0.2, 0) is 24.2 Å². The van der Waals surface area contributed by atoms with E-state index < -0.39 is 23.9 Å². The van der Waals surface area contributed by atoms with E-state index in [1.165, 1.54) is 11.8 Å². The molecule has 0 bridgehead atoms. The highest BCUT2D eigenvalue weighted by atomic mass is 35.5. The van der Waals surface area contributed by atoms with Crippen LogP contribution in [0, 0.1) is 5.92 Å². The number of benzene rings is 1. The third kappa shape index (κ3) is 8.60. The Hall–Kier alpha value is -2.78. The number of aromatic nitrogens is 2. The van der Waals surface area contributed by atoms with Crippen molar-refractivity contribution < 1.29 is 24.6 Å². The highest BCUT2D eigenvalue weighted by Crippen LogP contribution is 2.30. The number of halogens is 2. The molecule has 0 fully saturated rings. The minimum Gasteiger partial charge on any atom is -0.394 e. The van der Waals surface area contributed by atoms with Crippen LogP contribution in [0.3, 0.4) is 0 Å². The Morgan fingerprint density at radius 1 is 1.08 bits per heavy atom. The number of ketones is 1. The van der Waals surface area contributed by atoms with Gasteiger partial charge in [0.25, 0.3) is 0 Å². The summed E-state index contributed by atoms with van der Waals surface area (Å²) in [5.74, 6) is -1.16. The number of unbranched alkanes of at least 4 members (excludes halogenated alkanes) is 3. The Kier molecular flexibility index (Phi) is 11.5. The van der Waals surface area contributed by atoms with Crippen LogP contribution in [0.25, 0.3) is 11.0 Å². The lowest BCUT2D eigenvalue weighted by molar-refractivity contribution is -0.112. The molecule has 3 rings (SSSR count). The number of primary amides is 1. The van der Waals surface area contributed by atoms with Crippen LogP contribution in [0.1, 0.15) is 77.4 Å². The lowest BCUT2D eigenvalue weighted by atomic mass is 9.94. The number of amides is 1. The van der Waals surface area contributed by atoms with Crippen LogP contribution in [0.4, 0.5) is 0 Å². The summed E-state index contributed by atoms with van der Waals surface area (Å²) in [6.45, 7) is 1.35. The van der Waals surface area contributed by atoms with Gasteiger partial charge in [-0.15, -0.1) is 0 Å². The van der Waals surface area contributed by atoms with E-state index in [0.29, 0.717) is 28.7 Å². The van der Waals surface area contributed by atoms with Crippen LogP contribution in [0.2, 0.25) is 5.02 Å². The number of carbonyl (C=O) groups is 3. The van der Waals surface area contributed by atoms with Gasteiger partial charge in [-0.3, -0.25) is 14.4 Å². The van der Waals surface area contributed by atoms with Gasteiger partial charge in [0.1, 0.15) is 5.65 Å². The van der Waals surface area contributed by atoms with Gasteiger partial charge in [-0.25, -0.2) is 4.98 Å². The lowest BCUT2D eigenvalue weighted by Gasteiger charge is -2.15. The van der Waals surface area contributed by atoms with E-state index in [-0.39, 0.29) is 36.7 Å². The Morgan fingerprint density at radius 3 is 2.44 bits per heavy atom. The van der Waals surface area contributed by atoms with Gasteiger partial charge >= 0.3 is 0 Å². The molecule has 39 heavy (non-hydrogen) atoms. The van der Waals surface area contributed by atoms with E-state index in [9.17, 15) is 24.6 Å². The van der Waals surface area contributed by atoms with Crippen molar-refractivity contribution in [2.24, 2.45) is 11.7 Å². The van der Waals surface area contributed by atoms with Crippen LogP contribution in [0.5, 0.6) is 0 Å². The Bertz CT molecular complexity index is 1320. The second-order valence-electron chi connectivity index (χ2n) is 10.1. The van der Waals surface area contributed by atoms with Crippen LogP contribution in [0.15, 0.2) is 36.5 Å². The minimum atomic E-state index is -1.06. The number of fused-ring (bicyclic) bond motifs is 1. The van der Waals surface area contributed by atoms with E-state index in [0.717, 1.165) is 37.1 Å². The molecule has 0 radical (unpaired) electrons. The molecule has 2 heterocycles. The normalized spacial score (nSPS) is 12.9. The molecule has 0 aliphatic rings. The van der Waals surface area contributed by atoms with E-state index in [1.807, 2.05) is 18.2 Å². The fourth-order valence-electron chi connectivity index (χ4n) is 4.88. The second kappa shape index (κ2) is 14.6. The molecule has 1 amide bonds. The van der Waals surface area contributed by atoms with Crippen molar-refractivity contribution in [2.45, 2.75) is 70.9 Å². The highest BCUT2D eigenvalue weighted by Gasteiger charge is 2.26. The second-order valence-corrected chi connectivity index (χ2v) is 10.9. The highest BCUT2D eigenvalue weighted by molar-refractivity contribution is 6.63. The molecule has 4 N–H and O–H groups in total. The maximum absolute atomic E-state index is 13.6. The standard InChI is InChI=1S/C29H35Cl2N3O5/c1-18(12-26(31)38)11-25(37)27-23-14-20(28(32)39)15-33-29(23)34(16-22(36)17-35)24(27)10-5-3-2-4-7-19-8-6-9-21(30)13-19/h6,8-9,13-15,18,22,35-36H,2-5,7,10-12,16-17H2,1H3,(H2,32,39)/t18?,22-/m1/s1. The Balaban J connectivity index is 1.88. The van der Waals surface area contributed by atoms with Crippen molar-refractivity contribution in [1.29, 1.82) is 0 Å². The summed E-state index contributed by atoms with van der Waals surface area (Å²) in [5.41, 5.74) is 8.34. The van der Waals surface area contributed by atoms with Gasteiger partial charge < -0.3 is 20.5 Å². The molecule has 1 unspecified atom stereocenters. The Labute approximate surface area is 238 Å². The zero-order valence-corrected chi connectivity index (χ0v) is 23.5. The predicted octanol–water partition coefficient (Wildman–Crippen LogP) is 4.85. The molecule has 0 saturated carbocycles. The maximum atomic E-state index is 13.6. The first-order chi connectivity index (χ1) is 18.6. The SMILES string of the molecule is CC(CC(=O)Cl)CC(=O)c1c(CCCCCCc2cccc(Cl)c2)n(C[C@@H](O)CO)c2ncc(C(N)=O)cc12. The minimum absolute atomic E-state index is 0.0308. The van der Waals surface area contributed by atoms with Crippen molar-refractivity contribution >= 4 is 51.2 Å². The number of aliphatic hydroxyl groups is 2. The first-order valence-corrected chi connectivity index (χ1v) is 13.9. The van der Waals surface area contributed by atoms with Crippen LogP contribution < -0.4 is 5.73 Å². The van der Waals surface area contributed by atoms with E-state index in [4.69, 9.17) is 28.9 Å². The van der Waals surface area contributed by atoms with Gasteiger partial charge in [-0.2, -0.15) is 0 Å². The number of hydrogen-bond donors (Lipinski definition) is 3. The molecule has 3 aromatic rings. The van der Waals surface area contributed by atoms with Gasteiger partial charge in [0.15, 0.2) is 5.78 Å². The zero-order valence-electron chi connectivity index (χ0n) is 22.0. The smallest absolute Gasteiger partial charge is 0.250 e. The number of aryl methyl sites for hydroxylation is 1. The van der Waals surface area contributed by atoms with Gasteiger partial charge in [-0.1, -0.05) is 43.5 Å². The third-order valence-electron chi connectivity index (χ3n) is 6.73. The average molecular weight is 577 g/mol. The molecule has 1 aromatic carbocycles. The first-order valence-electron chi connectivity index (χ1n) is 13.2. The predicted molar refractivity (Wildman–Crippen MR) is 152 cm³/mol. The summed E-state index contributed by atoms with van der Waals surface area (Å²) in [7, 11) is 0. The zero-order chi connectivity index (χ0) is 28.5. The molecule has 0 spiro atoms. The quantitative estimate of drug-likeness (QED) is 0.127. The number of nitrogens with two attached hydrogens (primary N) is 1. The summed E-state index contributed by atoms with van der Waals surface area (Å²) in [4.78, 5) is 41.3. The summed E-state index contributed by atoms with van der Waals surface area (Å²) < 4.78 is 1.75. The molecule has 0 aliphatic carbocycles. The van der Waals surface area contributed by atoms with Crippen molar-refractivity contribution in [1.82, 2.24) is 9.55 Å². The van der Waals surface area contributed by atoms with Gasteiger partial charge in [0.2, 0.25) is 11.1 Å². The van der Waals surface area contributed by atoms with Crippen molar-refractivity contribution in [3.05, 3.63) is 63.9 Å². The fraction of sp³-hybridized carbons (Fsp3) is 0.448. The number of pyridine rings is 1. The number of carbonyl (C=O) groups excluding carboxylic acids is 3. The van der Waals surface area contributed by atoms with Crippen molar-refractivity contribution in [3.63, 3.8) is 0 Å². The third-order valence-corrected chi connectivity index (χ3v) is 7.12. The van der Waals surface area contributed by atoms with Gasteiger partial charge in [0.05, 0.1) is 24.8 Å². The molecule has 0 aliphatic heterocycles. The summed E-state index contributed by atoms with van der Waals surface area (Å²) in [6.07, 6.45) is 5.52. The molecule has 8 nitrogen and oxygen atoms in total. The molecule has 210 valence electrons.